The molecule has 2 heterocycles. The average Bonchev–Trinajstić information content (AvgIpc) is 2.72. The largest absolute Gasteiger partial charge is 0.444 e. The van der Waals surface area contributed by atoms with E-state index in [0.717, 1.165) is 32.4 Å². The quantitative estimate of drug-likeness (QED) is 0.926. The molecular formula is C18H29N3O2. The first-order valence-electron chi connectivity index (χ1n) is 8.49. The van der Waals surface area contributed by atoms with E-state index < -0.39 is 5.60 Å². The van der Waals surface area contributed by atoms with Gasteiger partial charge in [0.2, 0.25) is 0 Å². The fraction of sp³-hybridized carbons (Fsp3) is 0.667. The normalized spacial score (nSPS) is 20.7. The Hall–Kier alpha value is -1.62. The molecule has 0 saturated carbocycles. The highest BCUT2D eigenvalue weighted by molar-refractivity contribution is 5.68. The van der Waals surface area contributed by atoms with Crippen molar-refractivity contribution in [2.75, 3.05) is 13.1 Å². The Bertz CT molecular complexity index is 499. The number of carbonyl (C=O) groups is 1. The lowest BCUT2D eigenvalue weighted by Crippen LogP contribution is -2.38. The van der Waals surface area contributed by atoms with Crippen LogP contribution in [0.3, 0.4) is 0 Å². The fourth-order valence-corrected chi connectivity index (χ4v) is 2.85. The third-order valence-electron chi connectivity index (χ3n) is 4.05. The summed E-state index contributed by atoms with van der Waals surface area (Å²) in [6.07, 6.45) is 6.52. The third kappa shape index (κ3) is 5.82. The molecule has 5 heteroatoms. The molecule has 1 aromatic heterocycles. The molecule has 1 saturated heterocycles. The second-order valence-electron chi connectivity index (χ2n) is 7.27. The van der Waals surface area contributed by atoms with Crippen molar-refractivity contribution < 1.29 is 9.53 Å². The summed E-state index contributed by atoms with van der Waals surface area (Å²) in [4.78, 5) is 18.2. The number of ether oxygens (including phenoxy) is 1. The van der Waals surface area contributed by atoms with Gasteiger partial charge in [0.25, 0.3) is 0 Å². The van der Waals surface area contributed by atoms with Crippen molar-refractivity contribution in [3.8, 4) is 0 Å². The van der Waals surface area contributed by atoms with Crippen molar-refractivity contribution in [1.82, 2.24) is 15.2 Å². The summed E-state index contributed by atoms with van der Waals surface area (Å²) < 4.78 is 5.48. The van der Waals surface area contributed by atoms with Crippen LogP contribution in [0.25, 0.3) is 0 Å². The van der Waals surface area contributed by atoms with Gasteiger partial charge in [-0.1, -0.05) is 6.07 Å². The van der Waals surface area contributed by atoms with E-state index in [1.807, 2.05) is 37.9 Å². The fourth-order valence-electron chi connectivity index (χ4n) is 2.85. The van der Waals surface area contributed by atoms with Crippen LogP contribution < -0.4 is 5.32 Å². The maximum absolute atomic E-state index is 12.2. The van der Waals surface area contributed by atoms with Crippen LogP contribution in [-0.4, -0.2) is 40.7 Å². The summed E-state index contributed by atoms with van der Waals surface area (Å²) in [5.74, 6) is 0. The van der Waals surface area contributed by atoms with Gasteiger partial charge in [-0.3, -0.25) is 4.98 Å². The molecule has 1 amide bonds. The Balaban J connectivity index is 1.85. The number of nitrogens with zero attached hydrogens (tertiary/aromatic N) is 2. The number of nitrogens with one attached hydrogen (secondary N) is 1. The molecule has 1 aliphatic heterocycles. The van der Waals surface area contributed by atoms with Gasteiger partial charge in [-0.05, 0) is 58.6 Å². The van der Waals surface area contributed by atoms with Gasteiger partial charge >= 0.3 is 6.09 Å². The molecule has 0 aliphatic carbocycles. The summed E-state index contributed by atoms with van der Waals surface area (Å²) in [6.45, 7) is 9.39. The van der Waals surface area contributed by atoms with Crippen LogP contribution in [0.2, 0.25) is 0 Å². The Morgan fingerprint density at radius 2 is 2.17 bits per heavy atom. The number of aromatic nitrogens is 1. The second kappa shape index (κ2) is 7.77. The molecule has 128 valence electrons. The zero-order chi connectivity index (χ0) is 16.9. The first-order chi connectivity index (χ1) is 10.8. The van der Waals surface area contributed by atoms with E-state index in [2.05, 4.69) is 23.3 Å². The topological polar surface area (TPSA) is 54.5 Å². The van der Waals surface area contributed by atoms with Crippen molar-refractivity contribution in [2.45, 2.75) is 64.6 Å². The molecule has 1 aliphatic rings. The summed E-state index contributed by atoms with van der Waals surface area (Å²) in [7, 11) is 0. The lowest BCUT2D eigenvalue weighted by molar-refractivity contribution is 0.0256. The number of pyridine rings is 1. The highest BCUT2D eigenvalue weighted by Crippen LogP contribution is 2.18. The number of carbonyl (C=O) groups excluding carboxylic acids is 1. The highest BCUT2D eigenvalue weighted by Gasteiger charge is 2.25. The minimum atomic E-state index is -0.435. The van der Waals surface area contributed by atoms with Gasteiger partial charge in [0.15, 0.2) is 0 Å². The van der Waals surface area contributed by atoms with Gasteiger partial charge < -0.3 is 15.0 Å². The van der Waals surface area contributed by atoms with Crippen LogP contribution in [0.4, 0.5) is 4.79 Å². The van der Waals surface area contributed by atoms with E-state index in [9.17, 15) is 4.79 Å². The van der Waals surface area contributed by atoms with Crippen molar-refractivity contribution in [2.24, 2.45) is 0 Å². The molecule has 1 N–H and O–H groups in total. The number of rotatable bonds is 3. The predicted molar refractivity (Wildman–Crippen MR) is 91.2 cm³/mol. The molecule has 1 fully saturated rings. The van der Waals surface area contributed by atoms with E-state index in [1.165, 1.54) is 5.56 Å². The van der Waals surface area contributed by atoms with Crippen molar-refractivity contribution >= 4 is 6.09 Å². The third-order valence-corrected chi connectivity index (χ3v) is 4.05. The Morgan fingerprint density at radius 3 is 2.83 bits per heavy atom. The average molecular weight is 319 g/mol. The number of hydrogen-bond acceptors (Lipinski definition) is 4. The SMILES string of the molecule is CC(NC1CCCN(C(=O)OC(C)(C)C)CC1)c1cccnc1. The molecule has 1 aromatic rings. The monoisotopic (exact) mass is 319 g/mol. The summed E-state index contributed by atoms with van der Waals surface area (Å²) >= 11 is 0. The van der Waals surface area contributed by atoms with E-state index >= 15 is 0 Å². The Labute approximate surface area is 139 Å². The molecule has 23 heavy (non-hydrogen) atoms. The van der Waals surface area contributed by atoms with Gasteiger partial charge in [0.05, 0.1) is 0 Å². The van der Waals surface area contributed by atoms with Crippen molar-refractivity contribution in [3.05, 3.63) is 30.1 Å². The summed E-state index contributed by atoms with van der Waals surface area (Å²) in [6, 6.07) is 4.73. The molecule has 2 atom stereocenters. The second-order valence-corrected chi connectivity index (χ2v) is 7.27. The smallest absolute Gasteiger partial charge is 0.410 e. The van der Waals surface area contributed by atoms with E-state index in [-0.39, 0.29) is 12.1 Å². The Kier molecular flexibility index (Phi) is 5.99. The standard InChI is InChI=1S/C18H29N3O2/c1-14(15-7-5-10-19-13-15)20-16-8-6-11-21(12-9-16)17(22)23-18(2,3)4/h5,7,10,13-14,16,20H,6,8-9,11-12H2,1-4H3. The first kappa shape index (κ1) is 17.7. The molecule has 2 unspecified atom stereocenters. The maximum Gasteiger partial charge on any atom is 0.410 e. The maximum atomic E-state index is 12.2. The minimum absolute atomic E-state index is 0.196. The number of hydrogen-bond donors (Lipinski definition) is 1. The van der Waals surface area contributed by atoms with Crippen LogP contribution in [0.5, 0.6) is 0 Å². The lowest BCUT2D eigenvalue weighted by Gasteiger charge is -2.26. The van der Waals surface area contributed by atoms with Crippen LogP contribution in [0, 0.1) is 0 Å². The highest BCUT2D eigenvalue weighted by atomic mass is 16.6. The molecule has 0 aromatic carbocycles. The zero-order valence-corrected chi connectivity index (χ0v) is 14.7. The lowest BCUT2D eigenvalue weighted by atomic mass is 10.1. The van der Waals surface area contributed by atoms with E-state index in [1.54, 1.807) is 6.20 Å². The van der Waals surface area contributed by atoms with E-state index in [4.69, 9.17) is 4.74 Å². The summed E-state index contributed by atoms with van der Waals surface area (Å²) in [5.41, 5.74) is 0.760. The van der Waals surface area contributed by atoms with Crippen LogP contribution in [0.1, 0.15) is 58.6 Å². The van der Waals surface area contributed by atoms with Crippen LogP contribution >= 0.6 is 0 Å². The first-order valence-corrected chi connectivity index (χ1v) is 8.49. The molecule has 5 nitrogen and oxygen atoms in total. The van der Waals surface area contributed by atoms with Gasteiger partial charge in [0, 0.05) is 37.6 Å². The molecule has 2 rings (SSSR count). The van der Waals surface area contributed by atoms with Gasteiger partial charge in [-0.2, -0.15) is 0 Å². The Morgan fingerprint density at radius 1 is 1.39 bits per heavy atom. The van der Waals surface area contributed by atoms with E-state index in [0.29, 0.717) is 6.04 Å². The van der Waals surface area contributed by atoms with Gasteiger partial charge in [0.1, 0.15) is 5.60 Å². The number of amides is 1. The molecule has 0 radical (unpaired) electrons. The zero-order valence-electron chi connectivity index (χ0n) is 14.7. The van der Waals surface area contributed by atoms with Crippen molar-refractivity contribution in [3.63, 3.8) is 0 Å². The van der Waals surface area contributed by atoms with Gasteiger partial charge in [-0.25, -0.2) is 4.79 Å². The predicted octanol–water partition coefficient (Wildman–Crippen LogP) is 3.52. The van der Waals surface area contributed by atoms with Crippen LogP contribution in [-0.2, 0) is 4.74 Å². The van der Waals surface area contributed by atoms with Crippen molar-refractivity contribution in [1.29, 1.82) is 0 Å². The van der Waals surface area contributed by atoms with Crippen LogP contribution in [0.15, 0.2) is 24.5 Å². The molecule has 0 spiro atoms. The van der Waals surface area contributed by atoms with Gasteiger partial charge in [-0.15, -0.1) is 0 Å². The minimum Gasteiger partial charge on any atom is -0.444 e. The molecule has 0 bridgehead atoms. The number of likely N-dealkylation sites (tertiary alicyclic amines) is 1. The molecular weight excluding hydrogens is 290 g/mol. The summed E-state index contributed by atoms with van der Waals surface area (Å²) in [5, 5.41) is 3.66.